The standard InChI is InChI=1S/C26H31N9O3/c1-3-20(36)34-12-6-7-18(14-34)35-24-21(23(27)28-15-29-24)22(32-35)25(37)31-19-9-8-17(13-16(19)2)30-26(38)33-10-4-5-11-33/h3,8-9,13,15,18H,1,4-7,10-12,14H2,2H3,(H,30,38)(H,31,37)(H2,27,28,29). The van der Waals surface area contributed by atoms with Crippen LogP contribution >= 0.6 is 0 Å². The lowest BCUT2D eigenvalue weighted by atomic mass is 10.1. The first kappa shape index (κ1) is 25.2. The molecule has 2 aliphatic heterocycles. The molecule has 3 aromatic rings. The number of hydrogen-bond donors (Lipinski definition) is 3. The number of rotatable bonds is 5. The van der Waals surface area contributed by atoms with E-state index in [-0.39, 0.29) is 29.5 Å². The van der Waals surface area contributed by atoms with E-state index in [1.54, 1.807) is 26.6 Å². The number of urea groups is 1. The van der Waals surface area contributed by atoms with Crippen molar-refractivity contribution in [2.24, 2.45) is 0 Å². The molecule has 0 radical (unpaired) electrons. The highest BCUT2D eigenvalue weighted by Gasteiger charge is 2.29. The number of nitrogens with one attached hydrogen (secondary N) is 2. The number of piperidine rings is 1. The van der Waals surface area contributed by atoms with Gasteiger partial charge >= 0.3 is 6.03 Å². The van der Waals surface area contributed by atoms with Crippen LogP contribution < -0.4 is 16.4 Å². The van der Waals surface area contributed by atoms with Gasteiger partial charge in [-0.05, 0) is 62.4 Å². The molecule has 0 bridgehead atoms. The second-order valence-electron chi connectivity index (χ2n) is 9.64. The summed E-state index contributed by atoms with van der Waals surface area (Å²) in [6, 6.07) is 5.00. The van der Waals surface area contributed by atoms with E-state index in [1.807, 2.05) is 13.0 Å². The lowest BCUT2D eigenvalue weighted by Crippen LogP contribution is -2.40. The fraction of sp³-hybridized carbons (Fsp3) is 0.385. The molecule has 2 fully saturated rings. The number of amides is 4. The number of nitrogen functional groups attached to an aromatic ring is 1. The number of benzene rings is 1. The molecule has 4 N–H and O–H groups in total. The van der Waals surface area contributed by atoms with Gasteiger partial charge in [0.1, 0.15) is 12.1 Å². The van der Waals surface area contributed by atoms with E-state index in [9.17, 15) is 14.4 Å². The van der Waals surface area contributed by atoms with Gasteiger partial charge in [0, 0.05) is 37.6 Å². The van der Waals surface area contributed by atoms with Crippen LogP contribution in [0.2, 0.25) is 0 Å². The third-order valence-corrected chi connectivity index (χ3v) is 7.08. The van der Waals surface area contributed by atoms with Crippen LogP contribution in [-0.2, 0) is 4.79 Å². The van der Waals surface area contributed by atoms with E-state index in [4.69, 9.17) is 5.73 Å². The molecular formula is C26H31N9O3. The van der Waals surface area contributed by atoms with E-state index in [0.717, 1.165) is 44.3 Å². The van der Waals surface area contributed by atoms with Gasteiger partial charge in [0.2, 0.25) is 5.91 Å². The van der Waals surface area contributed by atoms with Crippen LogP contribution in [0, 0.1) is 6.92 Å². The fourth-order valence-corrected chi connectivity index (χ4v) is 5.08. The molecule has 0 aliphatic carbocycles. The van der Waals surface area contributed by atoms with Crippen LogP contribution in [-0.4, -0.2) is 73.6 Å². The third kappa shape index (κ3) is 4.89. The summed E-state index contributed by atoms with van der Waals surface area (Å²) in [4.78, 5) is 50.0. The van der Waals surface area contributed by atoms with E-state index in [2.05, 4.69) is 32.3 Å². The highest BCUT2D eigenvalue weighted by atomic mass is 16.2. The molecule has 1 unspecified atom stereocenters. The number of anilines is 3. The Labute approximate surface area is 219 Å². The number of nitrogens with two attached hydrogens (primary N) is 1. The van der Waals surface area contributed by atoms with Gasteiger partial charge < -0.3 is 26.2 Å². The summed E-state index contributed by atoms with van der Waals surface area (Å²) in [7, 11) is 0. The van der Waals surface area contributed by atoms with Gasteiger partial charge in [0.15, 0.2) is 11.3 Å². The first-order valence-electron chi connectivity index (χ1n) is 12.7. The molecule has 12 nitrogen and oxygen atoms in total. The third-order valence-electron chi connectivity index (χ3n) is 7.08. The number of nitrogens with zero attached hydrogens (tertiary/aromatic N) is 6. The minimum absolute atomic E-state index is 0.107. The fourth-order valence-electron chi connectivity index (χ4n) is 5.08. The Kier molecular flexibility index (Phi) is 6.95. The largest absolute Gasteiger partial charge is 0.383 e. The Hall–Kier alpha value is -4.48. The lowest BCUT2D eigenvalue weighted by molar-refractivity contribution is -0.127. The van der Waals surface area contributed by atoms with Crippen LogP contribution in [0.5, 0.6) is 0 Å². The summed E-state index contributed by atoms with van der Waals surface area (Å²) in [6.07, 6.45) is 6.23. The number of carbonyl (C=O) groups excluding carboxylic acids is 3. The van der Waals surface area contributed by atoms with Crippen LogP contribution in [0.25, 0.3) is 11.0 Å². The molecule has 1 aromatic carbocycles. The van der Waals surface area contributed by atoms with Crippen molar-refractivity contribution in [3.63, 3.8) is 0 Å². The van der Waals surface area contributed by atoms with Crippen molar-refractivity contribution >= 4 is 46.1 Å². The SMILES string of the molecule is C=CC(=O)N1CCCC(n2nc(C(=O)Nc3ccc(NC(=O)N4CCCC4)cc3C)c3c(N)ncnc32)C1. The number of fused-ring (bicyclic) bond motifs is 1. The normalized spacial score (nSPS) is 17.4. The quantitative estimate of drug-likeness (QED) is 0.440. The number of aryl methyl sites for hydroxylation is 1. The van der Waals surface area contributed by atoms with Crippen molar-refractivity contribution in [2.75, 3.05) is 42.5 Å². The van der Waals surface area contributed by atoms with Gasteiger partial charge in [-0.2, -0.15) is 5.10 Å². The highest BCUT2D eigenvalue weighted by Crippen LogP contribution is 2.30. The van der Waals surface area contributed by atoms with Crippen LogP contribution in [0.3, 0.4) is 0 Å². The van der Waals surface area contributed by atoms with Gasteiger partial charge in [-0.3, -0.25) is 9.59 Å². The van der Waals surface area contributed by atoms with E-state index < -0.39 is 5.91 Å². The molecule has 4 heterocycles. The average Bonchev–Trinajstić information content (AvgIpc) is 3.59. The molecule has 38 heavy (non-hydrogen) atoms. The van der Waals surface area contributed by atoms with Crippen LogP contribution in [0.1, 0.15) is 47.8 Å². The van der Waals surface area contributed by atoms with Crippen molar-refractivity contribution in [1.82, 2.24) is 29.5 Å². The Morgan fingerprint density at radius 1 is 1.08 bits per heavy atom. The molecule has 2 aromatic heterocycles. The summed E-state index contributed by atoms with van der Waals surface area (Å²) in [5.74, 6) is -0.450. The molecule has 1 atom stereocenters. The zero-order valence-electron chi connectivity index (χ0n) is 21.3. The molecule has 0 saturated carbocycles. The molecule has 2 aliphatic rings. The van der Waals surface area contributed by atoms with E-state index in [1.165, 1.54) is 12.4 Å². The molecule has 198 valence electrons. The number of carbonyl (C=O) groups is 3. The molecule has 12 heteroatoms. The minimum Gasteiger partial charge on any atom is -0.383 e. The topological polar surface area (TPSA) is 151 Å². The Morgan fingerprint density at radius 2 is 1.84 bits per heavy atom. The second kappa shape index (κ2) is 10.5. The smallest absolute Gasteiger partial charge is 0.321 e. The first-order valence-corrected chi connectivity index (χ1v) is 12.7. The summed E-state index contributed by atoms with van der Waals surface area (Å²) < 4.78 is 1.68. The summed E-state index contributed by atoms with van der Waals surface area (Å²) in [6.45, 7) is 8.01. The van der Waals surface area contributed by atoms with Crippen molar-refractivity contribution in [3.8, 4) is 0 Å². The molecule has 4 amide bonds. The first-order chi connectivity index (χ1) is 18.4. The molecule has 5 rings (SSSR count). The lowest BCUT2D eigenvalue weighted by Gasteiger charge is -2.32. The van der Waals surface area contributed by atoms with Crippen molar-refractivity contribution in [2.45, 2.75) is 38.6 Å². The van der Waals surface area contributed by atoms with Crippen molar-refractivity contribution < 1.29 is 14.4 Å². The number of likely N-dealkylation sites (tertiary alicyclic amines) is 2. The highest BCUT2D eigenvalue weighted by molar-refractivity contribution is 6.13. The minimum atomic E-state index is -0.456. The summed E-state index contributed by atoms with van der Waals surface area (Å²) in [5, 5.41) is 10.8. The average molecular weight is 518 g/mol. The van der Waals surface area contributed by atoms with Gasteiger partial charge in [-0.25, -0.2) is 19.4 Å². The number of aromatic nitrogens is 4. The Morgan fingerprint density at radius 3 is 2.58 bits per heavy atom. The monoisotopic (exact) mass is 517 g/mol. The van der Waals surface area contributed by atoms with Gasteiger partial charge in [0.25, 0.3) is 5.91 Å². The molecule has 0 spiro atoms. The van der Waals surface area contributed by atoms with Crippen LogP contribution in [0.15, 0.2) is 37.2 Å². The van der Waals surface area contributed by atoms with Gasteiger partial charge in [0.05, 0.1) is 11.4 Å². The maximum absolute atomic E-state index is 13.4. The van der Waals surface area contributed by atoms with Crippen molar-refractivity contribution in [1.29, 1.82) is 0 Å². The Bertz CT molecular complexity index is 1410. The number of hydrogen-bond acceptors (Lipinski definition) is 7. The van der Waals surface area contributed by atoms with Crippen LogP contribution in [0.4, 0.5) is 22.0 Å². The predicted molar refractivity (Wildman–Crippen MR) is 144 cm³/mol. The Balaban J connectivity index is 1.38. The van der Waals surface area contributed by atoms with Gasteiger partial charge in [-0.15, -0.1) is 0 Å². The zero-order chi connectivity index (χ0) is 26.8. The predicted octanol–water partition coefficient (Wildman–Crippen LogP) is 2.95. The van der Waals surface area contributed by atoms with E-state index in [0.29, 0.717) is 35.5 Å². The van der Waals surface area contributed by atoms with E-state index >= 15 is 0 Å². The summed E-state index contributed by atoms with van der Waals surface area (Å²) in [5.41, 5.74) is 8.72. The van der Waals surface area contributed by atoms with Gasteiger partial charge in [-0.1, -0.05) is 6.58 Å². The summed E-state index contributed by atoms with van der Waals surface area (Å²) >= 11 is 0. The second-order valence-corrected chi connectivity index (χ2v) is 9.64. The zero-order valence-corrected chi connectivity index (χ0v) is 21.3. The molecule has 2 saturated heterocycles. The van der Waals surface area contributed by atoms with Crippen molar-refractivity contribution in [3.05, 3.63) is 48.4 Å². The molecular weight excluding hydrogens is 486 g/mol. The maximum Gasteiger partial charge on any atom is 0.321 e. The maximum atomic E-state index is 13.4.